The Balaban J connectivity index is 2.44. The summed E-state index contributed by atoms with van der Waals surface area (Å²) >= 11 is 6.22. The second kappa shape index (κ2) is 5.06. The number of halogens is 1. The predicted molar refractivity (Wildman–Crippen MR) is 75.0 cm³/mol. The Kier molecular flexibility index (Phi) is 3.66. The zero-order chi connectivity index (χ0) is 13.3. The van der Waals surface area contributed by atoms with Crippen molar-refractivity contribution in [3.63, 3.8) is 0 Å². The Labute approximate surface area is 112 Å². The summed E-state index contributed by atoms with van der Waals surface area (Å²) in [6.45, 7) is 0. The highest BCUT2D eigenvalue weighted by Crippen LogP contribution is 2.35. The van der Waals surface area contributed by atoms with Gasteiger partial charge in [-0.15, -0.1) is 0 Å². The lowest BCUT2D eigenvalue weighted by molar-refractivity contribution is 0.100. The van der Waals surface area contributed by atoms with Crippen LogP contribution < -0.4 is 16.4 Å². The molecular formula is C13H18ClN3O. The number of anilines is 2. The highest BCUT2D eigenvalue weighted by Gasteiger charge is 2.25. The summed E-state index contributed by atoms with van der Waals surface area (Å²) in [4.78, 5) is 13.6. The lowest BCUT2D eigenvalue weighted by atomic mass is 10.1. The molecule has 98 valence electrons. The summed E-state index contributed by atoms with van der Waals surface area (Å²) in [7, 11) is 1.96. The predicted octanol–water partition coefficient (Wildman–Crippen LogP) is 2.40. The summed E-state index contributed by atoms with van der Waals surface area (Å²) in [5, 5.41) is 0.484. The van der Waals surface area contributed by atoms with Gasteiger partial charge in [-0.1, -0.05) is 24.4 Å². The molecule has 0 saturated heterocycles. The Bertz CT molecular complexity index is 470. The van der Waals surface area contributed by atoms with E-state index in [0.29, 0.717) is 28.0 Å². The van der Waals surface area contributed by atoms with E-state index in [0.717, 1.165) is 12.8 Å². The van der Waals surface area contributed by atoms with E-state index >= 15 is 0 Å². The van der Waals surface area contributed by atoms with Gasteiger partial charge in [0.15, 0.2) is 0 Å². The van der Waals surface area contributed by atoms with Gasteiger partial charge in [0.25, 0.3) is 5.91 Å². The van der Waals surface area contributed by atoms with Crippen LogP contribution in [0.3, 0.4) is 0 Å². The fraction of sp³-hybridized carbons (Fsp3) is 0.462. The second-order valence-corrected chi connectivity index (χ2v) is 5.22. The van der Waals surface area contributed by atoms with Gasteiger partial charge >= 0.3 is 0 Å². The first-order valence-corrected chi connectivity index (χ1v) is 6.50. The molecule has 2 rings (SSSR count). The Hall–Kier alpha value is -1.42. The van der Waals surface area contributed by atoms with Gasteiger partial charge in [-0.05, 0) is 25.0 Å². The zero-order valence-corrected chi connectivity index (χ0v) is 11.2. The van der Waals surface area contributed by atoms with E-state index in [1.54, 1.807) is 12.1 Å². The van der Waals surface area contributed by atoms with Crippen LogP contribution in [0.25, 0.3) is 0 Å². The van der Waals surface area contributed by atoms with Crippen LogP contribution in [0, 0.1) is 0 Å². The largest absolute Gasteiger partial charge is 0.399 e. The molecule has 0 radical (unpaired) electrons. The first-order valence-electron chi connectivity index (χ1n) is 6.12. The van der Waals surface area contributed by atoms with Gasteiger partial charge in [0.2, 0.25) is 0 Å². The molecule has 1 aliphatic rings. The van der Waals surface area contributed by atoms with Crippen LogP contribution >= 0.6 is 11.6 Å². The van der Waals surface area contributed by atoms with Gasteiger partial charge in [0.05, 0.1) is 16.3 Å². The molecule has 4 nitrogen and oxygen atoms in total. The van der Waals surface area contributed by atoms with Crippen molar-refractivity contribution in [3.8, 4) is 0 Å². The van der Waals surface area contributed by atoms with Crippen molar-refractivity contribution in [2.45, 2.75) is 31.7 Å². The van der Waals surface area contributed by atoms with Crippen LogP contribution in [0.2, 0.25) is 5.02 Å². The quantitative estimate of drug-likeness (QED) is 0.826. The van der Waals surface area contributed by atoms with Gasteiger partial charge in [-0.25, -0.2) is 0 Å². The number of nitrogens with two attached hydrogens (primary N) is 2. The lowest BCUT2D eigenvalue weighted by Gasteiger charge is -2.29. The summed E-state index contributed by atoms with van der Waals surface area (Å²) in [5.74, 6) is -0.496. The number of hydrogen-bond donors (Lipinski definition) is 2. The maximum Gasteiger partial charge on any atom is 0.250 e. The van der Waals surface area contributed by atoms with Crippen molar-refractivity contribution in [2.75, 3.05) is 17.7 Å². The average molecular weight is 268 g/mol. The van der Waals surface area contributed by atoms with E-state index in [9.17, 15) is 4.79 Å². The van der Waals surface area contributed by atoms with Gasteiger partial charge in [0, 0.05) is 18.8 Å². The first-order chi connectivity index (χ1) is 8.50. The number of amides is 1. The second-order valence-electron chi connectivity index (χ2n) is 4.81. The maximum atomic E-state index is 11.5. The Morgan fingerprint density at radius 3 is 2.56 bits per heavy atom. The molecule has 18 heavy (non-hydrogen) atoms. The minimum atomic E-state index is -0.496. The number of carbonyl (C=O) groups excluding carboxylic acids is 1. The van der Waals surface area contributed by atoms with Gasteiger partial charge in [0.1, 0.15) is 0 Å². The number of primary amides is 1. The SMILES string of the molecule is CN(c1c(Cl)cc(N)cc1C(N)=O)C1CCCC1. The third kappa shape index (κ3) is 2.38. The molecule has 1 aliphatic carbocycles. The monoisotopic (exact) mass is 267 g/mol. The lowest BCUT2D eigenvalue weighted by Crippen LogP contribution is -2.31. The molecule has 1 saturated carbocycles. The number of hydrogen-bond acceptors (Lipinski definition) is 3. The smallest absolute Gasteiger partial charge is 0.250 e. The third-order valence-electron chi connectivity index (χ3n) is 3.58. The summed E-state index contributed by atoms with van der Waals surface area (Å²) in [6.07, 6.45) is 4.67. The van der Waals surface area contributed by atoms with Crippen molar-refractivity contribution in [1.82, 2.24) is 0 Å². The molecule has 0 atom stereocenters. The number of benzene rings is 1. The molecule has 0 heterocycles. The van der Waals surface area contributed by atoms with Crippen molar-refractivity contribution >= 4 is 28.9 Å². The third-order valence-corrected chi connectivity index (χ3v) is 3.86. The summed E-state index contributed by atoms with van der Waals surface area (Å²) in [6, 6.07) is 3.67. The topological polar surface area (TPSA) is 72.3 Å². The van der Waals surface area contributed by atoms with Crippen LogP contribution in [0.4, 0.5) is 11.4 Å². The molecule has 1 aromatic rings. The molecule has 1 aromatic carbocycles. The normalized spacial score (nSPS) is 15.9. The highest BCUT2D eigenvalue weighted by molar-refractivity contribution is 6.34. The molecule has 1 fully saturated rings. The molecule has 0 aliphatic heterocycles. The van der Waals surface area contributed by atoms with Crippen LogP contribution in [-0.2, 0) is 0 Å². The molecule has 1 amide bonds. The van der Waals surface area contributed by atoms with E-state index < -0.39 is 5.91 Å². The van der Waals surface area contributed by atoms with Gasteiger partial charge < -0.3 is 16.4 Å². The maximum absolute atomic E-state index is 11.5. The summed E-state index contributed by atoms with van der Waals surface area (Å²) in [5.41, 5.74) is 12.7. The minimum absolute atomic E-state index is 0.398. The van der Waals surface area contributed by atoms with Gasteiger partial charge in [-0.3, -0.25) is 4.79 Å². The molecular weight excluding hydrogens is 250 g/mol. The molecule has 0 aromatic heterocycles. The molecule has 0 bridgehead atoms. The number of nitrogen functional groups attached to an aromatic ring is 1. The van der Waals surface area contributed by atoms with E-state index in [1.807, 2.05) is 7.05 Å². The van der Waals surface area contributed by atoms with E-state index in [-0.39, 0.29) is 0 Å². The first kappa shape index (κ1) is 13.0. The standard InChI is InChI=1S/C13H18ClN3O/c1-17(9-4-2-3-5-9)12-10(13(16)18)6-8(15)7-11(12)14/h6-7,9H,2-5,15H2,1H3,(H2,16,18). The number of carbonyl (C=O) groups is 1. The molecule has 0 spiro atoms. The fourth-order valence-electron chi connectivity index (χ4n) is 2.64. The van der Waals surface area contributed by atoms with Crippen molar-refractivity contribution in [3.05, 3.63) is 22.7 Å². The Morgan fingerprint density at radius 1 is 1.39 bits per heavy atom. The summed E-state index contributed by atoms with van der Waals surface area (Å²) < 4.78 is 0. The average Bonchev–Trinajstić information content (AvgIpc) is 2.80. The van der Waals surface area contributed by atoms with Crippen LogP contribution in [0.5, 0.6) is 0 Å². The number of nitrogens with zero attached hydrogens (tertiary/aromatic N) is 1. The molecule has 5 heteroatoms. The van der Waals surface area contributed by atoms with Crippen LogP contribution in [0.1, 0.15) is 36.0 Å². The van der Waals surface area contributed by atoms with Crippen molar-refractivity contribution < 1.29 is 4.79 Å². The zero-order valence-electron chi connectivity index (χ0n) is 10.4. The van der Waals surface area contributed by atoms with E-state index in [1.165, 1.54) is 12.8 Å². The minimum Gasteiger partial charge on any atom is -0.399 e. The fourth-order valence-corrected chi connectivity index (χ4v) is 3.00. The molecule has 0 unspecified atom stereocenters. The molecule has 4 N–H and O–H groups in total. The van der Waals surface area contributed by atoms with E-state index in [2.05, 4.69) is 4.90 Å². The number of rotatable bonds is 3. The highest BCUT2D eigenvalue weighted by atomic mass is 35.5. The van der Waals surface area contributed by atoms with Crippen molar-refractivity contribution in [1.29, 1.82) is 0 Å². The Morgan fingerprint density at radius 2 is 2.00 bits per heavy atom. The van der Waals surface area contributed by atoms with Crippen LogP contribution in [-0.4, -0.2) is 19.0 Å². The van der Waals surface area contributed by atoms with Crippen LogP contribution in [0.15, 0.2) is 12.1 Å². The van der Waals surface area contributed by atoms with E-state index in [4.69, 9.17) is 23.1 Å². The van der Waals surface area contributed by atoms with Crippen molar-refractivity contribution in [2.24, 2.45) is 5.73 Å². The van der Waals surface area contributed by atoms with Gasteiger partial charge in [-0.2, -0.15) is 0 Å².